The van der Waals surface area contributed by atoms with E-state index in [1.165, 1.54) is 0 Å². The summed E-state index contributed by atoms with van der Waals surface area (Å²) in [4.78, 5) is 8.78. The normalized spacial score (nSPS) is 11.3. The molecule has 4 aromatic rings. The molecule has 110 valence electrons. The van der Waals surface area contributed by atoms with Gasteiger partial charge in [0.2, 0.25) is 0 Å². The maximum atomic E-state index is 4.70. The van der Waals surface area contributed by atoms with E-state index >= 15 is 0 Å². The second-order valence-electron chi connectivity index (χ2n) is 5.18. The summed E-state index contributed by atoms with van der Waals surface area (Å²) in [5.74, 6) is 0. The van der Waals surface area contributed by atoms with Gasteiger partial charge in [0.15, 0.2) is 0 Å². The first-order valence-electron chi connectivity index (χ1n) is 7.38. The second kappa shape index (κ2) is 5.85. The van der Waals surface area contributed by atoms with Crippen LogP contribution < -0.4 is 5.43 Å². The van der Waals surface area contributed by atoms with Crippen LogP contribution in [0.5, 0.6) is 0 Å². The Morgan fingerprint density at radius 2 is 1.52 bits per heavy atom. The summed E-state index contributed by atoms with van der Waals surface area (Å²) >= 11 is 0. The second-order valence-corrected chi connectivity index (χ2v) is 5.18. The molecule has 0 saturated heterocycles. The van der Waals surface area contributed by atoms with Gasteiger partial charge in [-0.2, -0.15) is 5.10 Å². The number of nitrogens with one attached hydrogen (secondary N) is 1. The first kappa shape index (κ1) is 13.4. The predicted octanol–water partition coefficient (Wildman–Crippen LogP) is 4.23. The van der Waals surface area contributed by atoms with E-state index in [4.69, 9.17) is 4.98 Å². The molecular formula is C19H14N4. The molecule has 1 N–H and O–H groups in total. The van der Waals surface area contributed by atoms with Gasteiger partial charge in [0, 0.05) is 28.7 Å². The topological polar surface area (TPSA) is 50.2 Å². The number of hydrogen-bond acceptors (Lipinski definition) is 4. The standard InChI is InChI=1S/C19H14N4/c1-3-9-17-15(7-1)19(16-8-2-4-10-18(16)22-17)23-21-13-14-6-5-11-20-12-14/h1-13H,(H,22,23)/b21-13+. The zero-order valence-corrected chi connectivity index (χ0v) is 12.3. The lowest BCUT2D eigenvalue weighted by atomic mass is 10.1. The number of benzene rings is 2. The Morgan fingerprint density at radius 3 is 2.17 bits per heavy atom. The molecule has 0 bridgehead atoms. The maximum Gasteiger partial charge on any atom is 0.0749 e. The third kappa shape index (κ3) is 2.62. The van der Waals surface area contributed by atoms with E-state index in [0.29, 0.717) is 0 Å². The number of rotatable bonds is 3. The Kier molecular flexibility index (Phi) is 3.41. The fraction of sp³-hybridized carbons (Fsp3) is 0. The number of aromatic nitrogens is 2. The first-order valence-corrected chi connectivity index (χ1v) is 7.38. The highest BCUT2D eigenvalue weighted by Crippen LogP contribution is 2.30. The Labute approximate surface area is 133 Å². The monoisotopic (exact) mass is 298 g/mol. The molecule has 0 amide bonds. The van der Waals surface area contributed by atoms with Gasteiger partial charge in [-0.1, -0.05) is 42.5 Å². The summed E-state index contributed by atoms with van der Waals surface area (Å²) < 4.78 is 0. The van der Waals surface area contributed by atoms with Gasteiger partial charge < -0.3 is 0 Å². The van der Waals surface area contributed by atoms with E-state index < -0.39 is 0 Å². The van der Waals surface area contributed by atoms with E-state index in [0.717, 1.165) is 33.1 Å². The summed E-state index contributed by atoms with van der Waals surface area (Å²) in [6.45, 7) is 0. The molecule has 0 unspecified atom stereocenters. The SMILES string of the molecule is C(=N\Nc1c2ccccc2nc2ccccc12)/c1cccnc1. The van der Waals surface area contributed by atoms with Crippen LogP contribution in [0.25, 0.3) is 21.8 Å². The molecule has 0 spiro atoms. The van der Waals surface area contributed by atoms with Gasteiger partial charge >= 0.3 is 0 Å². The molecule has 0 fully saturated rings. The lowest BCUT2D eigenvalue weighted by molar-refractivity contribution is 1.31. The molecule has 0 aliphatic rings. The van der Waals surface area contributed by atoms with Gasteiger partial charge in [-0.05, 0) is 18.2 Å². The van der Waals surface area contributed by atoms with Crippen LogP contribution >= 0.6 is 0 Å². The van der Waals surface area contributed by atoms with Crippen molar-refractivity contribution in [3.63, 3.8) is 0 Å². The first-order chi connectivity index (χ1) is 11.4. The Hall–Kier alpha value is -3.27. The van der Waals surface area contributed by atoms with E-state index in [-0.39, 0.29) is 0 Å². The quantitative estimate of drug-likeness (QED) is 0.350. The molecule has 23 heavy (non-hydrogen) atoms. The molecule has 2 aromatic carbocycles. The number of para-hydroxylation sites is 2. The van der Waals surface area contributed by atoms with Gasteiger partial charge in [0.25, 0.3) is 0 Å². The summed E-state index contributed by atoms with van der Waals surface area (Å²) in [6.07, 6.45) is 5.28. The fourth-order valence-corrected chi connectivity index (χ4v) is 2.58. The summed E-state index contributed by atoms with van der Waals surface area (Å²) in [5, 5.41) is 6.47. The molecule has 4 heteroatoms. The summed E-state index contributed by atoms with van der Waals surface area (Å²) in [5.41, 5.74) is 6.99. The highest BCUT2D eigenvalue weighted by atomic mass is 15.3. The summed E-state index contributed by atoms with van der Waals surface area (Å²) in [6, 6.07) is 20.0. The van der Waals surface area contributed by atoms with Crippen molar-refractivity contribution in [3.05, 3.63) is 78.6 Å². The van der Waals surface area contributed by atoms with Gasteiger partial charge in [-0.25, -0.2) is 4.98 Å². The van der Waals surface area contributed by atoms with Crippen molar-refractivity contribution in [1.82, 2.24) is 9.97 Å². The van der Waals surface area contributed by atoms with E-state index in [2.05, 4.69) is 27.6 Å². The van der Waals surface area contributed by atoms with Gasteiger partial charge in [-0.3, -0.25) is 10.4 Å². The fourth-order valence-electron chi connectivity index (χ4n) is 2.58. The Balaban J connectivity index is 1.81. The van der Waals surface area contributed by atoms with Gasteiger partial charge in [0.1, 0.15) is 0 Å². The zero-order valence-electron chi connectivity index (χ0n) is 12.3. The Morgan fingerprint density at radius 1 is 0.826 bits per heavy atom. The van der Waals surface area contributed by atoms with Crippen LogP contribution in [-0.4, -0.2) is 16.2 Å². The van der Waals surface area contributed by atoms with Crippen LogP contribution in [0.2, 0.25) is 0 Å². The highest BCUT2D eigenvalue weighted by Gasteiger charge is 2.07. The van der Waals surface area contributed by atoms with E-state index in [1.807, 2.05) is 48.5 Å². The van der Waals surface area contributed by atoms with Crippen LogP contribution in [0.3, 0.4) is 0 Å². The molecule has 2 aromatic heterocycles. The van der Waals surface area contributed by atoms with Crippen molar-refractivity contribution in [2.24, 2.45) is 5.10 Å². The molecule has 4 rings (SSSR count). The number of hydrazone groups is 1. The number of pyridine rings is 2. The van der Waals surface area contributed by atoms with Crippen molar-refractivity contribution < 1.29 is 0 Å². The minimum Gasteiger partial charge on any atom is -0.277 e. The number of nitrogens with zero attached hydrogens (tertiary/aromatic N) is 3. The molecule has 2 heterocycles. The molecule has 0 aliphatic carbocycles. The van der Waals surface area contributed by atoms with Crippen LogP contribution in [0.4, 0.5) is 5.69 Å². The summed E-state index contributed by atoms with van der Waals surface area (Å²) in [7, 11) is 0. The molecule has 0 aliphatic heterocycles. The third-order valence-electron chi connectivity index (χ3n) is 3.66. The van der Waals surface area contributed by atoms with Crippen molar-refractivity contribution >= 4 is 33.7 Å². The average Bonchev–Trinajstić information content (AvgIpc) is 2.62. The minimum atomic E-state index is 0.947. The van der Waals surface area contributed by atoms with Gasteiger partial charge in [-0.15, -0.1) is 0 Å². The number of hydrogen-bond donors (Lipinski definition) is 1. The molecule has 0 saturated carbocycles. The average molecular weight is 298 g/mol. The van der Waals surface area contributed by atoms with Crippen LogP contribution in [-0.2, 0) is 0 Å². The number of anilines is 1. The molecule has 0 atom stereocenters. The van der Waals surface area contributed by atoms with Crippen LogP contribution in [0, 0.1) is 0 Å². The van der Waals surface area contributed by atoms with Crippen molar-refractivity contribution in [2.45, 2.75) is 0 Å². The van der Waals surface area contributed by atoms with Crippen molar-refractivity contribution in [2.75, 3.05) is 5.43 Å². The van der Waals surface area contributed by atoms with Gasteiger partial charge in [0.05, 0.1) is 22.9 Å². The van der Waals surface area contributed by atoms with E-state index in [9.17, 15) is 0 Å². The lowest BCUT2D eigenvalue weighted by Gasteiger charge is -2.09. The highest BCUT2D eigenvalue weighted by molar-refractivity contribution is 6.07. The zero-order chi connectivity index (χ0) is 15.5. The third-order valence-corrected chi connectivity index (χ3v) is 3.66. The molecule has 0 radical (unpaired) electrons. The molecule has 4 nitrogen and oxygen atoms in total. The van der Waals surface area contributed by atoms with Crippen LogP contribution in [0.1, 0.15) is 5.56 Å². The smallest absolute Gasteiger partial charge is 0.0749 e. The van der Waals surface area contributed by atoms with E-state index in [1.54, 1.807) is 18.6 Å². The maximum absolute atomic E-state index is 4.70. The van der Waals surface area contributed by atoms with Crippen molar-refractivity contribution in [1.29, 1.82) is 0 Å². The number of fused-ring (bicyclic) bond motifs is 2. The van der Waals surface area contributed by atoms with Crippen LogP contribution in [0.15, 0.2) is 78.2 Å². The molecular weight excluding hydrogens is 284 g/mol. The minimum absolute atomic E-state index is 0.947. The lowest BCUT2D eigenvalue weighted by Crippen LogP contribution is -1.95. The largest absolute Gasteiger partial charge is 0.277 e. The Bertz CT molecular complexity index is 940. The predicted molar refractivity (Wildman–Crippen MR) is 94.7 cm³/mol. The van der Waals surface area contributed by atoms with Crippen molar-refractivity contribution in [3.8, 4) is 0 Å².